The Kier molecular flexibility index (Phi) is 5.83. The Balaban J connectivity index is 3.99. The van der Waals surface area contributed by atoms with E-state index < -0.39 is 5.60 Å². The second-order valence-corrected chi connectivity index (χ2v) is 4.84. The molecule has 2 N–H and O–H groups in total. The summed E-state index contributed by atoms with van der Waals surface area (Å²) < 4.78 is 5.21. The number of rotatable bonds is 5. The molecule has 0 amide bonds. The molecule has 0 bridgehead atoms. The molecule has 0 fully saturated rings. The third-order valence-electron chi connectivity index (χ3n) is 1.86. The molecule has 2 atom stereocenters. The molecule has 0 aromatic heterocycles. The van der Waals surface area contributed by atoms with Gasteiger partial charge in [0.2, 0.25) is 0 Å². The van der Waals surface area contributed by atoms with Gasteiger partial charge in [0.15, 0.2) is 0 Å². The van der Waals surface area contributed by atoms with Gasteiger partial charge in [-0.25, -0.2) is 0 Å². The minimum absolute atomic E-state index is 0.109. The molecule has 0 spiro atoms. The monoisotopic (exact) mass is 217 g/mol. The van der Waals surface area contributed by atoms with E-state index >= 15 is 0 Å². The van der Waals surface area contributed by atoms with E-state index in [1.54, 1.807) is 6.92 Å². The highest BCUT2D eigenvalue weighted by Crippen LogP contribution is 2.08. The molecule has 0 aromatic rings. The highest BCUT2D eigenvalue weighted by Gasteiger charge is 2.22. The molecule has 0 aliphatic rings. The summed E-state index contributed by atoms with van der Waals surface area (Å²) in [5.41, 5.74) is -0.451. The van der Waals surface area contributed by atoms with Gasteiger partial charge in [-0.2, -0.15) is 0 Å². The second kappa shape index (κ2) is 6.08. The summed E-state index contributed by atoms with van der Waals surface area (Å²) in [6, 6.07) is -0.233. The van der Waals surface area contributed by atoms with Gasteiger partial charge in [0.05, 0.1) is 0 Å². The van der Waals surface area contributed by atoms with Crippen LogP contribution >= 0.6 is 0 Å². The van der Waals surface area contributed by atoms with Crippen LogP contribution in [0.15, 0.2) is 0 Å². The molecule has 0 aliphatic heterocycles. The first-order valence-corrected chi connectivity index (χ1v) is 5.36. The van der Waals surface area contributed by atoms with Gasteiger partial charge in [-0.15, -0.1) is 0 Å². The van der Waals surface area contributed by atoms with Crippen molar-refractivity contribution in [1.29, 1.82) is 0 Å². The number of carbonyl (C=O) groups is 1. The van der Waals surface area contributed by atoms with Crippen LogP contribution in [0.1, 0.15) is 41.0 Å². The van der Waals surface area contributed by atoms with Crippen LogP contribution in [0, 0.1) is 0 Å². The summed E-state index contributed by atoms with van der Waals surface area (Å²) in [5.74, 6) is -0.257. The van der Waals surface area contributed by atoms with Crippen LogP contribution in [0.5, 0.6) is 0 Å². The lowest BCUT2D eigenvalue weighted by Crippen LogP contribution is -2.43. The van der Waals surface area contributed by atoms with E-state index in [1.807, 2.05) is 27.7 Å². The van der Waals surface area contributed by atoms with Crippen LogP contribution < -0.4 is 5.32 Å². The SMILES string of the molecule is CC(CCO)NC(C)C(=O)OC(C)(C)C. The summed E-state index contributed by atoms with van der Waals surface area (Å²) in [7, 11) is 0. The standard InChI is InChI=1S/C11H23NO3/c1-8(6-7-13)12-9(2)10(14)15-11(3,4)5/h8-9,12-13H,6-7H2,1-5H3. The van der Waals surface area contributed by atoms with Crippen molar-refractivity contribution in [3.63, 3.8) is 0 Å². The fourth-order valence-electron chi connectivity index (χ4n) is 1.16. The third kappa shape index (κ3) is 7.33. The molecule has 0 aliphatic carbocycles. The fourth-order valence-corrected chi connectivity index (χ4v) is 1.16. The number of hydrogen-bond acceptors (Lipinski definition) is 4. The number of nitrogens with one attached hydrogen (secondary N) is 1. The van der Waals surface area contributed by atoms with Crippen molar-refractivity contribution < 1.29 is 14.6 Å². The largest absolute Gasteiger partial charge is 0.459 e. The number of hydrogen-bond donors (Lipinski definition) is 2. The van der Waals surface area contributed by atoms with Crippen molar-refractivity contribution in [2.45, 2.75) is 58.7 Å². The molecule has 0 aromatic carbocycles. The average molecular weight is 217 g/mol. The molecule has 0 rings (SSSR count). The molecule has 0 saturated carbocycles. The molecule has 90 valence electrons. The van der Waals surface area contributed by atoms with E-state index in [4.69, 9.17) is 9.84 Å². The van der Waals surface area contributed by atoms with Crippen molar-refractivity contribution in [2.75, 3.05) is 6.61 Å². The topological polar surface area (TPSA) is 58.6 Å². The van der Waals surface area contributed by atoms with Gasteiger partial charge in [0, 0.05) is 12.6 Å². The van der Waals surface area contributed by atoms with E-state index in [0.29, 0.717) is 6.42 Å². The van der Waals surface area contributed by atoms with Crippen molar-refractivity contribution in [2.24, 2.45) is 0 Å². The van der Waals surface area contributed by atoms with Crippen molar-refractivity contribution in [3.8, 4) is 0 Å². The lowest BCUT2D eigenvalue weighted by Gasteiger charge is -2.24. The predicted octanol–water partition coefficient (Wildman–Crippen LogP) is 1.08. The predicted molar refractivity (Wildman–Crippen MR) is 59.6 cm³/mol. The molecule has 2 unspecified atom stereocenters. The molecule has 15 heavy (non-hydrogen) atoms. The fraction of sp³-hybridized carbons (Fsp3) is 0.909. The van der Waals surface area contributed by atoms with Gasteiger partial charge in [0.1, 0.15) is 11.6 Å². The molecule has 4 nitrogen and oxygen atoms in total. The number of carbonyl (C=O) groups excluding carboxylic acids is 1. The Morgan fingerprint density at radius 2 is 1.93 bits per heavy atom. The maximum absolute atomic E-state index is 11.6. The molecular weight excluding hydrogens is 194 g/mol. The van der Waals surface area contributed by atoms with Crippen LogP contribution in [0.4, 0.5) is 0 Å². The summed E-state index contributed by atoms with van der Waals surface area (Å²) in [6.07, 6.45) is 0.632. The number of ether oxygens (including phenoxy) is 1. The minimum atomic E-state index is -0.451. The van der Waals surface area contributed by atoms with Gasteiger partial charge in [-0.3, -0.25) is 4.79 Å². The van der Waals surface area contributed by atoms with Gasteiger partial charge >= 0.3 is 5.97 Å². The average Bonchev–Trinajstić information content (AvgIpc) is 2.00. The summed E-state index contributed by atoms with van der Waals surface area (Å²) >= 11 is 0. The Bertz CT molecular complexity index is 198. The van der Waals surface area contributed by atoms with Crippen molar-refractivity contribution in [1.82, 2.24) is 5.32 Å². The zero-order chi connectivity index (χ0) is 12.1. The van der Waals surface area contributed by atoms with Gasteiger partial charge in [-0.1, -0.05) is 0 Å². The molecule has 4 heteroatoms. The highest BCUT2D eigenvalue weighted by molar-refractivity contribution is 5.75. The summed E-state index contributed by atoms with van der Waals surface area (Å²) in [4.78, 5) is 11.6. The van der Waals surface area contributed by atoms with E-state index in [2.05, 4.69) is 5.32 Å². The second-order valence-electron chi connectivity index (χ2n) is 4.84. The lowest BCUT2D eigenvalue weighted by atomic mass is 10.2. The maximum atomic E-state index is 11.6. The highest BCUT2D eigenvalue weighted by atomic mass is 16.6. The van der Waals surface area contributed by atoms with E-state index in [0.717, 1.165) is 0 Å². The van der Waals surface area contributed by atoms with Crippen LogP contribution in [0.2, 0.25) is 0 Å². The van der Waals surface area contributed by atoms with Crippen molar-refractivity contribution >= 4 is 5.97 Å². The first-order chi connectivity index (χ1) is 6.76. The van der Waals surface area contributed by atoms with Gasteiger partial charge < -0.3 is 15.2 Å². The first-order valence-electron chi connectivity index (χ1n) is 5.36. The smallest absolute Gasteiger partial charge is 0.323 e. The Morgan fingerprint density at radius 1 is 1.40 bits per heavy atom. The van der Waals surface area contributed by atoms with Gasteiger partial charge in [0.25, 0.3) is 0 Å². The van der Waals surface area contributed by atoms with E-state index in [1.165, 1.54) is 0 Å². The number of aliphatic hydroxyl groups is 1. The third-order valence-corrected chi connectivity index (χ3v) is 1.86. The molecule has 0 saturated heterocycles. The van der Waals surface area contributed by atoms with Gasteiger partial charge in [-0.05, 0) is 41.0 Å². The lowest BCUT2D eigenvalue weighted by molar-refractivity contribution is -0.157. The van der Waals surface area contributed by atoms with Crippen molar-refractivity contribution in [3.05, 3.63) is 0 Å². The summed E-state index contributed by atoms with van der Waals surface area (Å²) in [5, 5.41) is 11.8. The van der Waals surface area contributed by atoms with Crippen LogP contribution in [0.3, 0.4) is 0 Å². The van der Waals surface area contributed by atoms with Crippen LogP contribution in [0.25, 0.3) is 0 Å². The Labute approximate surface area is 92.0 Å². The number of aliphatic hydroxyl groups excluding tert-OH is 1. The van der Waals surface area contributed by atoms with E-state index in [9.17, 15) is 4.79 Å². The molecular formula is C11H23NO3. The van der Waals surface area contributed by atoms with Crippen LogP contribution in [-0.2, 0) is 9.53 Å². The Hall–Kier alpha value is -0.610. The van der Waals surface area contributed by atoms with Crippen LogP contribution in [-0.4, -0.2) is 35.4 Å². The molecule has 0 radical (unpaired) electrons. The zero-order valence-electron chi connectivity index (χ0n) is 10.3. The Morgan fingerprint density at radius 3 is 2.33 bits per heavy atom. The zero-order valence-corrected chi connectivity index (χ0v) is 10.3. The number of esters is 1. The summed E-state index contributed by atoms with van der Waals surface area (Å²) in [6.45, 7) is 9.34. The first kappa shape index (κ1) is 14.4. The quantitative estimate of drug-likeness (QED) is 0.676. The maximum Gasteiger partial charge on any atom is 0.323 e. The minimum Gasteiger partial charge on any atom is -0.459 e. The van der Waals surface area contributed by atoms with E-state index in [-0.39, 0.29) is 24.7 Å². The normalized spacial score (nSPS) is 15.9. The molecule has 0 heterocycles.